The fraction of sp³-hybridized carbons (Fsp3) is 0.0976. The highest BCUT2D eigenvalue weighted by Crippen LogP contribution is 2.38. The smallest absolute Gasteiger partial charge is 0.227 e. The van der Waals surface area contributed by atoms with Gasteiger partial charge in [0.1, 0.15) is 5.52 Å². The third kappa shape index (κ3) is 4.30. The van der Waals surface area contributed by atoms with Gasteiger partial charge in [0.25, 0.3) is 0 Å². The quantitative estimate of drug-likeness (QED) is 0.198. The van der Waals surface area contributed by atoms with Crippen LogP contribution in [0.5, 0.6) is 0 Å². The number of hydrogen-bond acceptors (Lipinski definition) is 2. The average Bonchev–Trinajstić information content (AvgIpc) is 3.52. The van der Waals surface area contributed by atoms with Gasteiger partial charge in [-0.05, 0) is 110 Å². The molecular weight excluding hydrogens is 522 g/mol. The molecule has 206 valence electrons. The number of hydrogen-bond donors (Lipinski definition) is 0. The van der Waals surface area contributed by atoms with Crippen LogP contribution in [0.1, 0.15) is 25.0 Å². The van der Waals surface area contributed by atoms with Gasteiger partial charge in [0, 0.05) is 10.9 Å². The van der Waals surface area contributed by atoms with Crippen LogP contribution in [0.2, 0.25) is 0 Å². The number of rotatable bonds is 5. The Bertz CT molecular complexity index is 2310. The van der Waals surface area contributed by atoms with E-state index < -0.39 is 0 Å². The van der Waals surface area contributed by atoms with E-state index in [1.807, 2.05) is 30.3 Å². The van der Waals surface area contributed by atoms with Gasteiger partial charge in [-0.25, -0.2) is 4.98 Å². The second kappa shape index (κ2) is 10.3. The molecule has 2 nitrogen and oxygen atoms in total. The molecule has 0 unspecified atom stereocenters. The fourth-order valence-corrected chi connectivity index (χ4v) is 6.56. The predicted octanol–water partition coefficient (Wildman–Crippen LogP) is 11.4. The van der Waals surface area contributed by atoms with E-state index in [2.05, 4.69) is 111 Å². The molecule has 0 radical (unpaired) electrons. The molecule has 1 aromatic heterocycles. The molecule has 0 spiro atoms. The minimum atomic E-state index is 0.651. The molecule has 0 saturated heterocycles. The first-order valence-corrected chi connectivity index (χ1v) is 15.2. The van der Waals surface area contributed by atoms with Gasteiger partial charge >= 0.3 is 0 Å². The average molecular weight is 554 g/mol. The number of aromatic nitrogens is 1. The summed E-state index contributed by atoms with van der Waals surface area (Å²) in [5.74, 6) is 0.651. The first kappa shape index (κ1) is 25.5. The van der Waals surface area contributed by atoms with Crippen molar-refractivity contribution in [3.63, 3.8) is 0 Å². The van der Waals surface area contributed by atoms with Crippen LogP contribution in [-0.4, -0.2) is 4.98 Å². The Morgan fingerprint density at radius 3 is 2.05 bits per heavy atom. The second-order valence-corrected chi connectivity index (χ2v) is 11.3. The van der Waals surface area contributed by atoms with E-state index in [0.29, 0.717) is 5.89 Å². The monoisotopic (exact) mass is 553 g/mol. The Morgan fingerprint density at radius 2 is 1.21 bits per heavy atom. The SMILES string of the molecule is CCc1ccccc1-c1cc2ccc(-c3ccc4ccc5ccc6nc(-c7ccccc7)oc6c5c4c3)cc2cc1CC. The lowest BCUT2D eigenvalue weighted by Crippen LogP contribution is -1.93. The molecule has 0 aliphatic rings. The minimum Gasteiger partial charge on any atom is -0.435 e. The summed E-state index contributed by atoms with van der Waals surface area (Å²) in [5, 5.41) is 7.17. The maximum Gasteiger partial charge on any atom is 0.227 e. The van der Waals surface area contributed by atoms with Crippen LogP contribution in [0, 0.1) is 0 Å². The van der Waals surface area contributed by atoms with Gasteiger partial charge in [-0.3, -0.25) is 0 Å². The normalized spacial score (nSPS) is 11.7. The summed E-state index contributed by atoms with van der Waals surface area (Å²) in [7, 11) is 0. The third-order valence-electron chi connectivity index (χ3n) is 8.84. The van der Waals surface area contributed by atoms with Gasteiger partial charge < -0.3 is 4.42 Å². The maximum absolute atomic E-state index is 6.46. The molecule has 0 saturated carbocycles. The highest BCUT2D eigenvalue weighted by Gasteiger charge is 2.15. The standard InChI is InChI=1S/C41H31NO/c1-3-26-10-8-9-13-35(26)36-24-33-19-18-31(23-34(33)22-27(36)4-2)32-17-15-28-14-16-29-20-21-38-40(39(29)37(28)25-32)43-41(42-38)30-11-6-5-7-12-30/h5-25H,3-4H2,1-2H3. The first-order valence-electron chi connectivity index (χ1n) is 15.2. The number of aryl methyl sites for hydroxylation is 2. The Kier molecular flexibility index (Phi) is 6.08. The van der Waals surface area contributed by atoms with Crippen LogP contribution in [0.4, 0.5) is 0 Å². The molecule has 43 heavy (non-hydrogen) atoms. The van der Waals surface area contributed by atoms with E-state index in [-0.39, 0.29) is 0 Å². The van der Waals surface area contributed by atoms with Crippen molar-refractivity contribution in [3.05, 3.63) is 139 Å². The topological polar surface area (TPSA) is 26.0 Å². The summed E-state index contributed by atoms with van der Waals surface area (Å²) in [6.45, 7) is 4.49. The predicted molar refractivity (Wildman–Crippen MR) is 182 cm³/mol. The minimum absolute atomic E-state index is 0.651. The van der Waals surface area contributed by atoms with E-state index in [4.69, 9.17) is 9.40 Å². The van der Waals surface area contributed by atoms with Crippen LogP contribution in [0.15, 0.2) is 132 Å². The molecule has 0 fully saturated rings. The van der Waals surface area contributed by atoms with Gasteiger partial charge in [-0.15, -0.1) is 0 Å². The molecule has 2 heteroatoms. The number of benzene rings is 7. The lowest BCUT2D eigenvalue weighted by molar-refractivity contribution is 0.623. The molecule has 0 amide bonds. The van der Waals surface area contributed by atoms with Crippen LogP contribution in [0.3, 0.4) is 0 Å². The summed E-state index contributed by atoms with van der Waals surface area (Å²) in [6, 6.07) is 45.9. The van der Waals surface area contributed by atoms with Crippen LogP contribution < -0.4 is 0 Å². The molecule has 0 bridgehead atoms. The molecule has 0 atom stereocenters. The molecule has 8 aromatic rings. The van der Waals surface area contributed by atoms with Gasteiger partial charge in [-0.2, -0.15) is 0 Å². The van der Waals surface area contributed by atoms with Gasteiger partial charge in [0.05, 0.1) is 0 Å². The molecule has 0 N–H and O–H groups in total. The highest BCUT2D eigenvalue weighted by atomic mass is 16.3. The van der Waals surface area contributed by atoms with Crippen molar-refractivity contribution in [3.8, 4) is 33.7 Å². The second-order valence-electron chi connectivity index (χ2n) is 11.3. The first-order chi connectivity index (χ1) is 21.2. The summed E-state index contributed by atoms with van der Waals surface area (Å²) in [6.07, 6.45) is 2.02. The zero-order valence-corrected chi connectivity index (χ0v) is 24.4. The van der Waals surface area contributed by atoms with E-state index in [0.717, 1.165) is 40.3 Å². The largest absolute Gasteiger partial charge is 0.435 e. The Balaban J connectivity index is 1.28. The van der Waals surface area contributed by atoms with Gasteiger partial charge in [-0.1, -0.05) is 105 Å². The number of fused-ring (bicyclic) bond motifs is 6. The Hall–Kier alpha value is -5.21. The lowest BCUT2D eigenvalue weighted by atomic mass is 9.89. The van der Waals surface area contributed by atoms with Gasteiger partial charge in [0.2, 0.25) is 5.89 Å². The summed E-state index contributed by atoms with van der Waals surface area (Å²) in [5.41, 5.74) is 10.6. The van der Waals surface area contributed by atoms with Crippen molar-refractivity contribution >= 4 is 43.4 Å². The summed E-state index contributed by atoms with van der Waals surface area (Å²) in [4.78, 5) is 4.84. The fourth-order valence-electron chi connectivity index (χ4n) is 6.56. The Morgan fingerprint density at radius 1 is 0.512 bits per heavy atom. The van der Waals surface area contributed by atoms with Crippen molar-refractivity contribution in [1.29, 1.82) is 0 Å². The molecule has 7 aromatic carbocycles. The Labute approximate surface area is 251 Å². The number of oxazole rings is 1. The molecule has 0 aliphatic carbocycles. The van der Waals surface area contributed by atoms with E-state index in [1.165, 1.54) is 54.9 Å². The number of nitrogens with zero attached hydrogens (tertiary/aromatic N) is 1. The zero-order valence-electron chi connectivity index (χ0n) is 24.4. The summed E-state index contributed by atoms with van der Waals surface area (Å²) >= 11 is 0. The van der Waals surface area contributed by atoms with E-state index in [9.17, 15) is 0 Å². The van der Waals surface area contributed by atoms with Crippen LogP contribution in [-0.2, 0) is 12.8 Å². The van der Waals surface area contributed by atoms with E-state index in [1.54, 1.807) is 0 Å². The molecular formula is C41H31NO. The van der Waals surface area contributed by atoms with Crippen molar-refractivity contribution in [2.24, 2.45) is 0 Å². The molecule has 0 aliphatic heterocycles. The van der Waals surface area contributed by atoms with Crippen molar-refractivity contribution in [2.45, 2.75) is 26.7 Å². The van der Waals surface area contributed by atoms with E-state index >= 15 is 0 Å². The maximum atomic E-state index is 6.46. The third-order valence-corrected chi connectivity index (χ3v) is 8.84. The highest BCUT2D eigenvalue weighted by molar-refractivity contribution is 6.18. The summed E-state index contributed by atoms with van der Waals surface area (Å²) < 4.78 is 6.46. The van der Waals surface area contributed by atoms with Crippen LogP contribution in [0.25, 0.3) is 77.1 Å². The van der Waals surface area contributed by atoms with Crippen LogP contribution >= 0.6 is 0 Å². The van der Waals surface area contributed by atoms with Crippen molar-refractivity contribution in [1.82, 2.24) is 4.98 Å². The zero-order chi connectivity index (χ0) is 28.9. The lowest BCUT2D eigenvalue weighted by Gasteiger charge is -2.15. The molecule has 8 rings (SSSR count). The van der Waals surface area contributed by atoms with Crippen molar-refractivity contribution < 1.29 is 4.42 Å². The van der Waals surface area contributed by atoms with Crippen molar-refractivity contribution in [2.75, 3.05) is 0 Å². The van der Waals surface area contributed by atoms with Gasteiger partial charge in [0.15, 0.2) is 5.58 Å². The molecule has 1 heterocycles.